The highest BCUT2D eigenvalue weighted by Gasteiger charge is 2.29. The lowest BCUT2D eigenvalue weighted by molar-refractivity contribution is -0.134. The number of carbonyl (C=O) groups is 3. The highest BCUT2D eigenvalue weighted by molar-refractivity contribution is 6.04. The van der Waals surface area contributed by atoms with Crippen LogP contribution in [0.3, 0.4) is 0 Å². The van der Waals surface area contributed by atoms with Crippen molar-refractivity contribution < 1.29 is 14.4 Å². The van der Waals surface area contributed by atoms with Crippen molar-refractivity contribution in [3.63, 3.8) is 0 Å². The zero-order valence-corrected chi connectivity index (χ0v) is 9.74. The monoisotopic (exact) mass is 251 g/mol. The molecule has 0 aliphatic carbocycles. The van der Waals surface area contributed by atoms with Gasteiger partial charge in [-0.3, -0.25) is 24.8 Å². The van der Waals surface area contributed by atoms with Gasteiger partial charge in [-0.25, -0.2) is 0 Å². The Morgan fingerprint density at radius 1 is 1.50 bits per heavy atom. The van der Waals surface area contributed by atoms with E-state index >= 15 is 0 Å². The van der Waals surface area contributed by atoms with Gasteiger partial charge in [0.1, 0.15) is 6.04 Å². The number of aromatic amines is 1. The molecule has 0 saturated carbocycles. The van der Waals surface area contributed by atoms with E-state index in [1.165, 1.54) is 0 Å². The predicted molar refractivity (Wildman–Crippen MR) is 61.4 cm³/mol. The van der Waals surface area contributed by atoms with Crippen molar-refractivity contribution >= 4 is 23.4 Å². The highest BCUT2D eigenvalue weighted by atomic mass is 16.2. The summed E-state index contributed by atoms with van der Waals surface area (Å²) in [5, 5.41) is 11.0. The van der Waals surface area contributed by atoms with Crippen molar-refractivity contribution in [2.75, 3.05) is 5.73 Å². The lowest BCUT2D eigenvalue weighted by Crippen LogP contribution is -2.52. The number of nitrogens with two attached hydrogens (primary N) is 1. The number of nitrogens with zero attached hydrogens (tertiary/aromatic N) is 1. The standard InChI is InChI=1S/C10H13N5O3/c1-4-7(11)8(15-14-4)10(18)12-5-2-3-6(16)13-9(5)17/h5H,2-3,11H2,1H3,(H,12,18)(H,14,15)(H,13,16,17). The van der Waals surface area contributed by atoms with Gasteiger partial charge in [-0.1, -0.05) is 0 Å². The number of rotatable bonds is 2. The average Bonchev–Trinajstić information content (AvgIpc) is 2.64. The molecule has 0 radical (unpaired) electrons. The molecule has 2 rings (SSSR count). The van der Waals surface area contributed by atoms with Crippen molar-refractivity contribution in [2.45, 2.75) is 25.8 Å². The Morgan fingerprint density at radius 3 is 2.78 bits per heavy atom. The van der Waals surface area contributed by atoms with Crippen LogP contribution in [0.25, 0.3) is 0 Å². The van der Waals surface area contributed by atoms with Crippen LogP contribution >= 0.6 is 0 Å². The van der Waals surface area contributed by atoms with E-state index in [1.807, 2.05) is 0 Å². The van der Waals surface area contributed by atoms with Crippen LogP contribution in [0, 0.1) is 6.92 Å². The normalized spacial score (nSPS) is 19.5. The molecule has 0 bridgehead atoms. The number of imide groups is 1. The number of aryl methyl sites for hydroxylation is 1. The van der Waals surface area contributed by atoms with E-state index in [1.54, 1.807) is 6.92 Å². The summed E-state index contributed by atoms with van der Waals surface area (Å²) in [5.74, 6) is -1.38. The molecular formula is C10H13N5O3. The first-order valence-electron chi connectivity index (χ1n) is 5.44. The van der Waals surface area contributed by atoms with Crippen molar-refractivity contribution in [3.05, 3.63) is 11.4 Å². The molecule has 18 heavy (non-hydrogen) atoms. The molecule has 3 amide bonds. The summed E-state index contributed by atoms with van der Waals surface area (Å²) < 4.78 is 0. The number of nitrogens with one attached hydrogen (secondary N) is 3. The van der Waals surface area contributed by atoms with E-state index in [2.05, 4.69) is 20.8 Å². The van der Waals surface area contributed by atoms with E-state index in [0.717, 1.165) is 0 Å². The molecule has 8 nitrogen and oxygen atoms in total. The molecule has 1 aliphatic rings. The topological polar surface area (TPSA) is 130 Å². The van der Waals surface area contributed by atoms with Crippen LogP contribution in [0.4, 0.5) is 5.69 Å². The van der Waals surface area contributed by atoms with Gasteiger partial charge in [-0.2, -0.15) is 5.10 Å². The minimum Gasteiger partial charge on any atom is -0.395 e. The quantitative estimate of drug-likeness (QED) is 0.492. The van der Waals surface area contributed by atoms with Gasteiger partial charge >= 0.3 is 0 Å². The van der Waals surface area contributed by atoms with Crippen LogP contribution in [0.15, 0.2) is 0 Å². The first-order valence-corrected chi connectivity index (χ1v) is 5.44. The van der Waals surface area contributed by atoms with Crippen LogP contribution < -0.4 is 16.4 Å². The van der Waals surface area contributed by atoms with Gasteiger partial charge in [0.15, 0.2) is 5.69 Å². The fourth-order valence-electron chi connectivity index (χ4n) is 1.67. The van der Waals surface area contributed by atoms with E-state index in [4.69, 9.17) is 5.73 Å². The second-order valence-corrected chi connectivity index (χ2v) is 4.09. The smallest absolute Gasteiger partial charge is 0.274 e. The van der Waals surface area contributed by atoms with Gasteiger partial charge in [0.2, 0.25) is 11.8 Å². The summed E-state index contributed by atoms with van der Waals surface area (Å²) in [6, 6.07) is -0.730. The van der Waals surface area contributed by atoms with Crippen molar-refractivity contribution in [1.29, 1.82) is 0 Å². The molecule has 1 aromatic rings. The van der Waals surface area contributed by atoms with E-state index in [9.17, 15) is 14.4 Å². The van der Waals surface area contributed by atoms with Gasteiger partial charge < -0.3 is 11.1 Å². The largest absolute Gasteiger partial charge is 0.395 e. The minimum atomic E-state index is -0.730. The van der Waals surface area contributed by atoms with Gasteiger partial charge in [0.05, 0.1) is 11.4 Å². The number of hydrogen-bond acceptors (Lipinski definition) is 5. The Morgan fingerprint density at radius 2 is 2.22 bits per heavy atom. The molecule has 1 aromatic heterocycles. The number of hydrogen-bond donors (Lipinski definition) is 4. The number of H-pyrrole nitrogens is 1. The summed E-state index contributed by atoms with van der Waals surface area (Å²) in [7, 11) is 0. The Labute approximate surface area is 102 Å². The summed E-state index contributed by atoms with van der Waals surface area (Å²) in [5.41, 5.74) is 6.55. The zero-order chi connectivity index (χ0) is 13.3. The molecule has 0 aromatic carbocycles. The van der Waals surface area contributed by atoms with Crippen LogP contribution in [0.2, 0.25) is 0 Å². The Balaban J connectivity index is 2.06. The average molecular weight is 251 g/mol. The van der Waals surface area contributed by atoms with Crippen LogP contribution in [0.1, 0.15) is 29.0 Å². The third-order valence-electron chi connectivity index (χ3n) is 2.75. The SMILES string of the molecule is Cc1[nH]nc(C(=O)NC2CCC(=O)NC2=O)c1N. The van der Waals surface area contributed by atoms with E-state index in [-0.39, 0.29) is 30.1 Å². The van der Waals surface area contributed by atoms with E-state index in [0.29, 0.717) is 5.69 Å². The predicted octanol–water partition coefficient (Wildman–Crippen LogP) is -1.16. The van der Waals surface area contributed by atoms with Crippen LogP contribution in [0.5, 0.6) is 0 Å². The molecular weight excluding hydrogens is 238 g/mol. The molecule has 0 spiro atoms. The van der Waals surface area contributed by atoms with Crippen molar-refractivity contribution in [1.82, 2.24) is 20.8 Å². The minimum absolute atomic E-state index is 0.0530. The lowest BCUT2D eigenvalue weighted by Gasteiger charge is -2.21. The van der Waals surface area contributed by atoms with Gasteiger partial charge in [-0.15, -0.1) is 0 Å². The number of anilines is 1. The zero-order valence-electron chi connectivity index (χ0n) is 9.74. The molecule has 1 aliphatic heterocycles. The number of piperidine rings is 1. The summed E-state index contributed by atoms with van der Waals surface area (Å²) >= 11 is 0. The van der Waals surface area contributed by atoms with Gasteiger partial charge in [-0.05, 0) is 13.3 Å². The number of amides is 3. The number of aromatic nitrogens is 2. The Kier molecular flexibility index (Phi) is 3.00. The molecule has 8 heteroatoms. The molecule has 96 valence electrons. The fourth-order valence-corrected chi connectivity index (χ4v) is 1.67. The molecule has 1 atom stereocenters. The molecule has 1 fully saturated rings. The number of carbonyl (C=O) groups excluding carboxylic acids is 3. The second kappa shape index (κ2) is 4.47. The fraction of sp³-hybridized carbons (Fsp3) is 0.400. The third-order valence-corrected chi connectivity index (χ3v) is 2.75. The maximum Gasteiger partial charge on any atom is 0.274 e. The van der Waals surface area contributed by atoms with E-state index < -0.39 is 17.9 Å². The maximum atomic E-state index is 11.8. The first kappa shape index (κ1) is 12.1. The highest BCUT2D eigenvalue weighted by Crippen LogP contribution is 2.13. The Hall–Kier alpha value is -2.38. The summed E-state index contributed by atoms with van der Waals surface area (Å²) in [6.45, 7) is 1.69. The summed E-state index contributed by atoms with van der Waals surface area (Å²) in [6.07, 6.45) is 0.478. The Bertz CT molecular complexity index is 522. The molecule has 2 heterocycles. The van der Waals surface area contributed by atoms with Crippen LogP contribution in [-0.2, 0) is 9.59 Å². The van der Waals surface area contributed by atoms with Crippen LogP contribution in [-0.4, -0.2) is 34.0 Å². The van der Waals surface area contributed by atoms with Crippen molar-refractivity contribution in [2.24, 2.45) is 0 Å². The number of nitrogen functional groups attached to an aromatic ring is 1. The second-order valence-electron chi connectivity index (χ2n) is 4.09. The third kappa shape index (κ3) is 2.17. The lowest BCUT2D eigenvalue weighted by atomic mass is 10.1. The molecule has 5 N–H and O–H groups in total. The van der Waals surface area contributed by atoms with Crippen molar-refractivity contribution in [3.8, 4) is 0 Å². The molecule has 1 saturated heterocycles. The van der Waals surface area contributed by atoms with Gasteiger partial charge in [0.25, 0.3) is 5.91 Å². The molecule has 1 unspecified atom stereocenters. The summed E-state index contributed by atoms with van der Waals surface area (Å²) in [4.78, 5) is 34.2. The van der Waals surface area contributed by atoms with Gasteiger partial charge in [0, 0.05) is 6.42 Å². The maximum absolute atomic E-state index is 11.8. The first-order chi connectivity index (χ1) is 8.49.